The van der Waals surface area contributed by atoms with Crippen LogP contribution in [0.25, 0.3) is 0 Å². The summed E-state index contributed by atoms with van der Waals surface area (Å²) in [5.41, 5.74) is 0.354. The molecule has 0 aliphatic heterocycles. The van der Waals surface area contributed by atoms with Gasteiger partial charge >= 0.3 is 0 Å². The van der Waals surface area contributed by atoms with Gasteiger partial charge in [-0.25, -0.2) is 0 Å². The van der Waals surface area contributed by atoms with E-state index in [1.807, 2.05) is 20.8 Å². The molecule has 20 heavy (non-hydrogen) atoms. The van der Waals surface area contributed by atoms with Crippen molar-refractivity contribution in [2.45, 2.75) is 32.3 Å². The molecule has 4 nitrogen and oxygen atoms in total. The molecule has 0 spiro atoms. The second kappa shape index (κ2) is 6.95. The van der Waals surface area contributed by atoms with Crippen molar-refractivity contribution in [3.8, 4) is 0 Å². The van der Waals surface area contributed by atoms with Crippen LogP contribution in [0, 0.1) is 0 Å². The lowest BCUT2D eigenvalue weighted by Crippen LogP contribution is -2.42. The summed E-state index contributed by atoms with van der Waals surface area (Å²) in [5, 5.41) is 0. The molecule has 0 bridgehead atoms. The van der Waals surface area contributed by atoms with Crippen molar-refractivity contribution >= 4 is 59.1 Å². The van der Waals surface area contributed by atoms with Gasteiger partial charge in [-0.2, -0.15) is 0 Å². The Morgan fingerprint density at radius 1 is 1.15 bits per heavy atom. The summed E-state index contributed by atoms with van der Waals surface area (Å²) >= 11 is 6.68. The van der Waals surface area contributed by atoms with Crippen molar-refractivity contribution in [3.05, 3.63) is 32.2 Å². The van der Waals surface area contributed by atoms with Crippen molar-refractivity contribution in [2.75, 3.05) is 0 Å². The van der Waals surface area contributed by atoms with Gasteiger partial charge in [0.1, 0.15) is 0 Å². The molecule has 0 N–H and O–H groups in total. The van der Waals surface area contributed by atoms with Gasteiger partial charge in [-0.15, -0.1) is 0 Å². The fourth-order valence-corrected chi connectivity index (χ4v) is 3.39. The maximum atomic E-state index is 11.2. The van der Waals surface area contributed by atoms with E-state index < -0.39 is 11.6 Å². The fourth-order valence-electron chi connectivity index (χ4n) is 1.54. The lowest BCUT2D eigenvalue weighted by Gasteiger charge is -2.38. The zero-order valence-corrected chi connectivity index (χ0v) is 16.3. The first-order valence-electron chi connectivity index (χ1n) is 5.54. The molecule has 0 heterocycles. The van der Waals surface area contributed by atoms with E-state index in [0.29, 0.717) is 20.1 Å². The molecule has 0 atom stereocenters. The summed E-state index contributed by atoms with van der Waals surface area (Å²) < 4.78 is 17.4. The van der Waals surface area contributed by atoms with E-state index in [1.54, 1.807) is 12.1 Å². The molecule has 0 aliphatic rings. The standard InChI is InChI=1S/C12H12Br2O4Si2/c1-11(2,3)16-12(17-19,18-20)8-4-5-9(13)7(6-15)10(8)14/h4-6H,1-3H3. The van der Waals surface area contributed by atoms with E-state index in [2.05, 4.69) is 52.8 Å². The lowest BCUT2D eigenvalue weighted by atomic mass is 10.1. The molecule has 8 heteroatoms. The van der Waals surface area contributed by atoms with Crippen LogP contribution in [0.5, 0.6) is 0 Å². The van der Waals surface area contributed by atoms with Crippen LogP contribution in [0.2, 0.25) is 0 Å². The van der Waals surface area contributed by atoms with Gasteiger partial charge in [0.15, 0.2) is 6.29 Å². The third-order valence-electron chi connectivity index (χ3n) is 2.28. The van der Waals surface area contributed by atoms with Gasteiger partial charge in [0.05, 0.1) is 11.2 Å². The largest absolute Gasteiger partial charge is 0.368 e. The van der Waals surface area contributed by atoms with Crippen molar-refractivity contribution in [3.63, 3.8) is 0 Å². The Bertz CT molecular complexity index is 499. The van der Waals surface area contributed by atoms with Crippen LogP contribution in [-0.4, -0.2) is 32.9 Å². The van der Waals surface area contributed by atoms with Crippen molar-refractivity contribution < 1.29 is 18.4 Å². The van der Waals surface area contributed by atoms with E-state index in [4.69, 9.17) is 13.6 Å². The molecule has 1 aromatic carbocycles. The van der Waals surface area contributed by atoms with Gasteiger partial charge in [0.25, 0.3) is 26.9 Å². The second-order valence-electron chi connectivity index (χ2n) is 4.92. The summed E-state index contributed by atoms with van der Waals surface area (Å²) in [7, 11) is 5.95. The summed E-state index contributed by atoms with van der Waals surface area (Å²) in [6.45, 7) is 5.56. The van der Waals surface area contributed by atoms with Gasteiger partial charge < -0.3 is 13.6 Å². The highest BCUT2D eigenvalue weighted by Crippen LogP contribution is 2.39. The maximum Gasteiger partial charge on any atom is 0.293 e. The number of carbonyl (C=O) groups excluding carboxylic acids is 1. The summed E-state index contributed by atoms with van der Waals surface area (Å²) in [4.78, 5) is 11.2. The summed E-state index contributed by atoms with van der Waals surface area (Å²) in [5.74, 6) is -1.57. The molecule has 0 saturated carbocycles. The first kappa shape index (κ1) is 18.2. The second-order valence-corrected chi connectivity index (χ2v) is 6.97. The Hall–Kier alpha value is 0.164. The van der Waals surface area contributed by atoms with E-state index >= 15 is 0 Å². The number of hydrogen-bond acceptors (Lipinski definition) is 4. The minimum Gasteiger partial charge on any atom is -0.368 e. The molecule has 106 valence electrons. The third kappa shape index (κ3) is 3.87. The normalized spacial score (nSPS) is 12.6. The van der Waals surface area contributed by atoms with Gasteiger partial charge in [-0.05, 0) is 48.8 Å². The molecule has 0 fully saturated rings. The van der Waals surface area contributed by atoms with Crippen LogP contribution in [0.1, 0.15) is 36.7 Å². The molecule has 0 saturated heterocycles. The highest BCUT2D eigenvalue weighted by atomic mass is 79.9. The van der Waals surface area contributed by atoms with E-state index in [-0.39, 0.29) is 0 Å². The predicted molar refractivity (Wildman–Crippen MR) is 83.4 cm³/mol. The lowest BCUT2D eigenvalue weighted by molar-refractivity contribution is -0.348. The average molecular weight is 436 g/mol. The number of benzene rings is 1. The monoisotopic (exact) mass is 434 g/mol. The van der Waals surface area contributed by atoms with Crippen LogP contribution in [0.15, 0.2) is 21.1 Å². The van der Waals surface area contributed by atoms with Gasteiger partial charge in [-0.3, -0.25) is 4.79 Å². The minimum atomic E-state index is -1.57. The van der Waals surface area contributed by atoms with E-state index in [9.17, 15) is 4.79 Å². The van der Waals surface area contributed by atoms with Crippen molar-refractivity contribution in [1.29, 1.82) is 0 Å². The number of halogens is 2. The predicted octanol–water partition coefficient (Wildman–Crippen LogP) is 3.15. The highest BCUT2D eigenvalue weighted by molar-refractivity contribution is 9.11. The fraction of sp³-hybridized carbons (Fsp3) is 0.417. The van der Waals surface area contributed by atoms with Crippen LogP contribution in [-0.2, 0) is 19.6 Å². The van der Waals surface area contributed by atoms with Crippen LogP contribution < -0.4 is 0 Å². The SMILES string of the molecule is CC(C)(C)OC(O[Si])(O[Si])c1ccc(Br)c(C=O)c1Br. The number of aldehydes is 1. The highest BCUT2D eigenvalue weighted by Gasteiger charge is 2.39. The quantitative estimate of drug-likeness (QED) is 0.404. The Labute approximate surface area is 141 Å². The smallest absolute Gasteiger partial charge is 0.293 e. The van der Waals surface area contributed by atoms with Crippen LogP contribution in [0.4, 0.5) is 0 Å². The molecule has 0 aliphatic carbocycles. The first-order valence-corrected chi connectivity index (χ1v) is 7.94. The first-order chi connectivity index (χ1) is 9.20. The van der Waals surface area contributed by atoms with Crippen LogP contribution in [0.3, 0.4) is 0 Å². The molecule has 1 rings (SSSR count). The number of rotatable bonds is 5. The molecule has 0 unspecified atom stereocenters. The number of carbonyl (C=O) groups is 1. The average Bonchev–Trinajstić information content (AvgIpc) is 2.36. The molecule has 6 radical (unpaired) electrons. The maximum absolute atomic E-state index is 11.2. The van der Waals surface area contributed by atoms with Crippen molar-refractivity contribution in [1.82, 2.24) is 0 Å². The number of ether oxygens (including phenoxy) is 1. The third-order valence-corrected chi connectivity index (χ3v) is 4.37. The number of hydrogen-bond donors (Lipinski definition) is 0. The zero-order valence-electron chi connectivity index (χ0n) is 11.1. The molecular formula is C12H12Br2O4Si2. The van der Waals surface area contributed by atoms with Gasteiger partial charge in [0, 0.05) is 14.5 Å². The van der Waals surface area contributed by atoms with E-state index in [0.717, 1.165) is 6.29 Å². The minimum absolute atomic E-state index is 0.428. The Morgan fingerprint density at radius 2 is 1.70 bits per heavy atom. The molecule has 0 amide bonds. The molecule has 0 aromatic heterocycles. The Kier molecular flexibility index (Phi) is 6.33. The topological polar surface area (TPSA) is 44.8 Å². The zero-order chi connectivity index (χ0) is 15.6. The van der Waals surface area contributed by atoms with E-state index in [1.165, 1.54) is 0 Å². The molecule has 1 aromatic rings. The Balaban J connectivity index is 3.47. The van der Waals surface area contributed by atoms with Gasteiger partial charge in [-0.1, -0.05) is 15.9 Å². The Morgan fingerprint density at radius 3 is 2.10 bits per heavy atom. The summed E-state index contributed by atoms with van der Waals surface area (Å²) in [6.07, 6.45) is 0.723. The van der Waals surface area contributed by atoms with Crippen LogP contribution >= 0.6 is 31.9 Å². The van der Waals surface area contributed by atoms with Crippen molar-refractivity contribution in [2.24, 2.45) is 0 Å². The molecular weight excluding hydrogens is 424 g/mol. The summed E-state index contributed by atoms with van der Waals surface area (Å²) in [6, 6.07) is 3.42. The van der Waals surface area contributed by atoms with Gasteiger partial charge in [0.2, 0.25) is 0 Å².